The van der Waals surface area contributed by atoms with E-state index < -0.39 is 0 Å². The van der Waals surface area contributed by atoms with Crippen LogP contribution < -0.4 is 4.90 Å². The van der Waals surface area contributed by atoms with Crippen LogP contribution in [0.4, 0.5) is 5.69 Å². The van der Waals surface area contributed by atoms with Gasteiger partial charge in [-0.05, 0) is 59.3 Å². The Kier molecular flexibility index (Phi) is 8.67. The number of likely N-dealkylation sites (tertiary alicyclic amines) is 1. The van der Waals surface area contributed by atoms with E-state index in [4.69, 9.17) is 0 Å². The number of anilines is 1. The highest BCUT2D eigenvalue weighted by atomic mass is 35.5. The molecule has 2 saturated heterocycles. The lowest BCUT2D eigenvalue weighted by atomic mass is 9.97. The van der Waals surface area contributed by atoms with Gasteiger partial charge >= 0.3 is 0 Å². The van der Waals surface area contributed by atoms with Crippen molar-refractivity contribution in [1.29, 1.82) is 0 Å². The molecule has 6 nitrogen and oxygen atoms in total. The smallest absolute Gasteiger partial charge is 0.257 e. The van der Waals surface area contributed by atoms with Crippen LogP contribution in [0, 0.1) is 0 Å². The van der Waals surface area contributed by atoms with Crippen LogP contribution in [0.25, 0.3) is 16.7 Å². The van der Waals surface area contributed by atoms with Crippen LogP contribution in [0.2, 0.25) is 0 Å². The lowest BCUT2D eigenvalue weighted by molar-refractivity contribution is -0.137. The van der Waals surface area contributed by atoms with Gasteiger partial charge in [-0.25, -0.2) is 0 Å². The third-order valence-corrected chi connectivity index (χ3v) is 7.72. The lowest BCUT2D eigenvalue weighted by Crippen LogP contribution is -2.46. The zero-order valence-electron chi connectivity index (χ0n) is 21.4. The molecule has 7 heteroatoms. The maximum Gasteiger partial charge on any atom is 0.257 e. The summed E-state index contributed by atoms with van der Waals surface area (Å²) in [6.45, 7) is 5.67. The van der Waals surface area contributed by atoms with Crippen LogP contribution >= 0.6 is 12.4 Å². The van der Waals surface area contributed by atoms with E-state index in [0.717, 1.165) is 73.4 Å². The van der Waals surface area contributed by atoms with Crippen molar-refractivity contribution in [2.75, 3.05) is 44.2 Å². The van der Waals surface area contributed by atoms with Gasteiger partial charge in [0.05, 0.1) is 6.42 Å². The van der Waals surface area contributed by atoms with Gasteiger partial charge in [-0.2, -0.15) is 0 Å². The topological polar surface area (TPSA) is 75.4 Å². The van der Waals surface area contributed by atoms with Crippen LogP contribution in [0.15, 0.2) is 84.4 Å². The zero-order chi connectivity index (χ0) is 24.5. The summed E-state index contributed by atoms with van der Waals surface area (Å²) in [4.78, 5) is 32.7. The van der Waals surface area contributed by atoms with E-state index in [2.05, 4.69) is 64.4 Å². The predicted molar refractivity (Wildman–Crippen MR) is 154 cm³/mol. The Labute approximate surface area is 230 Å². The molecule has 2 amide bonds. The number of nitrogens with zero attached hydrogens (tertiary/aromatic N) is 3. The number of hydrogen-bond acceptors (Lipinski definition) is 4. The molecule has 6 rings (SSSR count). The Balaban J connectivity index is 0.00000168. The van der Waals surface area contributed by atoms with Gasteiger partial charge < -0.3 is 10.4 Å². The van der Waals surface area contributed by atoms with Crippen molar-refractivity contribution in [1.82, 2.24) is 9.80 Å². The Morgan fingerprint density at radius 1 is 0.632 bits per heavy atom. The van der Waals surface area contributed by atoms with E-state index in [-0.39, 0.29) is 36.1 Å². The first kappa shape index (κ1) is 27.6. The van der Waals surface area contributed by atoms with Gasteiger partial charge in [0.15, 0.2) is 0 Å². The Bertz CT molecular complexity index is 1290. The molecule has 0 aromatic heterocycles. The molecular weight excluding hydrogens is 498 g/mol. The summed E-state index contributed by atoms with van der Waals surface area (Å²) in [7, 11) is 0. The normalized spacial score (nSPS) is 16.7. The minimum atomic E-state index is -0.113. The average molecular weight is 532 g/mol. The maximum atomic E-state index is 13.4. The molecule has 2 N–H and O–H groups in total. The van der Waals surface area contributed by atoms with Crippen molar-refractivity contribution in [3.63, 3.8) is 0 Å². The highest BCUT2D eigenvalue weighted by molar-refractivity contribution is 6.21. The molecule has 2 aliphatic heterocycles. The Morgan fingerprint density at radius 3 is 1.76 bits per heavy atom. The summed E-state index contributed by atoms with van der Waals surface area (Å²) in [5.74, 6) is -0.182. The van der Waals surface area contributed by atoms with Gasteiger partial charge in [-0.15, -0.1) is 12.4 Å². The van der Waals surface area contributed by atoms with Crippen molar-refractivity contribution in [2.24, 2.45) is 0 Å². The number of amides is 2. The second-order valence-corrected chi connectivity index (χ2v) is 9.84. The van der Waals surface area contributed by atoms with Crippen LogP contribution in [-0.2, 0) is 9.59 Å². The average Bonchev–Trinajstić information content (AvgIpc) is 3.40. The summed E-state index contributed by atoms with van der Waals surface area (Å²) in [5.41, 5.74) is 7.29. The fraction of sp³-hybridized carbons (Fsp3) is 0.290. The third kappa shape index (κ3) is 5.12. The number of unbranched alkanes of at least 4 members (excludes halogenated alkanes) is 1. The second-order valence-electron chi connectivity index (χ2n) is 9.84. The number of benzene rings is 3. The summed E-state index contributed by atoms with van der Waals surface area (Å²) in [6.07, 6.45) is 2.02. The molecule has 38 heavy (non-hydrogen) atoms. The minimum absolute atomic E-state index is 0. The van der Waals surface area contributed by atoms with Crippen molar-refractivity contribution >= 4 is 35.5 Å². The molecule has 198 valence electrons. The molecular formula is C31H34ClN3O3. The molecule has 0 atom stereocenters. The minimum Gasteiger partial charge on any atom is -0.412 e. The van der Waals surface area contributed by atoms with E-state index >= 15 is 0 Å². The van der Waals surface area contributed by atoms with E-state index in [0.29, 0.717) is 12.1 Å². The predicted octanol–water partition coefficient (Wildman–Crippen LogP) is 4.43. The molecule has 2 fully saturated rings. The van der Waals surface area contributed by atoms with Crippen molar-refractivity contribution < 1.29 is 15.1 Å². The van der Waals surface area contributed by atoms with Gasteiger partial charge in [0.2, 0.25) is 5.91 Å². The van der Waals surface area contributed by atoms with Crippen LogP contribution in [0.5, 0.6) is 0 Å². The number of hydrogen-bond donors (Lipinski definition) is 0. The lowest BCUT2D eigenvalue weighted by Gasteiger charge is -2.36. The molecule has 0 unspecified atom stereocenters. The van der Waals surface area contributed by atoms with Crippen molar-refractivity contribution in [3.05, 3.63) is 95.6 Å². The molecule has 2 heterocycles. The molecule has 3 aromatic rings. The highest BCUT2D eigenvalue weighted by Gasteiger charge is 2.38. The van der Waals surface area contributed by atoms with Gasteiger partial charge in [0, 0.05) is 44.0 Å². The number of carbonyl (C=O) groups excluding carboxylic acids is 2. The molecule has 0 spiro atoms. The number of imide groups is 1. The summed E-state index contributed by atoms with van der Waals surface area (Å²) in [5, 5.41) is 0. The fourth-order valence-corrected chi connectivity index (χ4v) is 5.84. The number of rotatable bonds is 6. The molecule has 0 bridgehead atoms. The number of para-hydroxylation sites is 1. The number of carbonyl (C=O) groups is 2. The highest BCUT2D eigenvalue weighted by Crippen LogP contribution is 2.47. The first-order valence-corrected chi connectivity index (χ1v) is 13.0. The van der Waals surface area contributed by atoms with E-state index in [1.165, 1.54) is 10.6 Å². The molecule has 0 saturated carbocycles. The van der Waals surface area contributed by atoms with Crippen molar-refractivity contribution in [3.8, 4) is 11.1 Å². The maximum absolute atomic E-state index is 13.4. The second kappa shape index (κ2) is 11.9. The summed E-state index contributed by atoms with van der Waals surface area (Å²) < 4.78 is 0. The molecule has 3 aliphatic rings. The number of halogens is 1. The van der Waals surface area contributed by atoms with Gasteiger partial charge in [0.25, 0.3) is 5.91 Å². The van der Waals surface area contributed by atoms with E-state index in [1.807, 2.05) is 24.3 Å². The van der Waals surface area contributed by atoms with E-state index in [9.17, 15) is 9.59 Å². The monoisotopic (exact) mass is 531 g/mol. The Morgan fingerprint density at radius 2 is 1.16 bits per heavy atom. The summed E-state index contributed by atoms with van der Waals surface area (Å²) >= 11 is 0. The van der Waals surface area contributed by atoms with E-state index in [1.54, 1.807) is 0 Å². The first-order valence-electron chi connectivity index (χ1n) is 13.0. The Hall–Kier alpha value is -3.45. The van der Waals surface area contributed by atoms with Crippen LogP contribution in [0.1, 0.15) is 30.4 Å². The van der Waals surface area contributed by atoms with Gasteiger partial charge in [-0.3, -0.25) is 19.4 Å². The fourth-order valence-electron chi connectivity index (χ4n) is 5.84. The first-order chi connectivity index (χ1) is 17.7. The molecule has 3 aromatic carbocycles. The molecule has 1 aliphatic carbocycles. The summed E-state index contributed by atoms with van der Waals surface area (Å²) in [6, 6.07) is 27.0. The van der Waals surface area contributed by atoms with Crippen LogP contribution in [0.3, 0.4) is 0 Å². The van der Waals surface area contributed by atoms with Gasteiger partial charge in [-0.1, -0.05) is 66.7 Å². The number of piperazine rings is 1. The SMILES string of the molecule is Cl.O.O=C1CC(=C2c3ccccc3-c3ccccc32)C(=O)N1CCCCN1CCN(c2ccccc2)CC1. The van der Waals surface area contributed by atoms with Crippen LogP contribution in [-0.4, -0.2) is 66.4 Å². The molecule has 0 radical (unpaired) electrons. The third-order valence-electron chi connectivity index (χ3n) is 7.72. The zero-order valence-corrected chi connectivity index (χ0v) is 22.3. The standard InChI is InChI=1S/C31H31N3O2.ClH.H2O/c35-29-22-28(30-26-14-6-4-12-24(26)25-13-5-7-15-27(25)30)31(36)34(29)17-9-8-16-32-18-20-33(21-19-32)23-10-2-1-3-11-23;;/h1-7,10-15H,8-9,16-22H2;1H;1H2. The van der Waals surface area contributed by atoms with Crippen molar-refractivity contribution in [2.45, 2.75) is 19.3 Å². The largest absolute Gasteiger partial charge is 0.412 e. The van der Waals surface area contributed by atoms with Gasteiger partial charge in [0.1, 0.15) is 0 Å². The number of fused-ring (bicyclic) bond motifs is 3. The quantitative estimate of drug-likeness (QED) is 0.209.